The summed E-state index contributed by atoms with van der Waals surface area (Å²) in [5.41, 5.74) is 4.84. The van der Waals surface area contributed by atoms with Gasteiger partial charge in [-0.2, -0.15) is 0 Å². The van der Waals surface area contributed by atoms with Crippen molar-refractivity contribution in [3.63, 3.8) is 0 Å². The molecule has 0 rings (SSSR count). The number of carbonyl (C=O) groups excluding carboxylic acids is 1. The van der Waals surface area contributed by atoms with Crippen LogP contribution in [-0.2, 0) is 37.9 Å². The lowest BCUT2D eigenvalue weighted by atomic mass is 10.2. The molecule has 0 aliphatic carbocycles. The first-order chi connectivity index (χ1) is 16.5. The summed E-state index contributed by atoms with van der Waals surface area (Å²) in [6.07, 6.45) is 1.31. The van der Waals surface area contributed by atoms with Gasteiger partial charge in [0.25, 0.3) is 0 Å². The highest BCUT2D eigenvalue weighted by molar-refractivity contribution is 5.67. The maximum absolute atomic E-state index is 11.5. The first-order valence-electron chi connectivity index (χ1n) is 12.2. The molecule has 0 saturated heterocycles. The average molecular weight is 497 g/mol. The van der Waals surface area contributed by atoms with Crippen LogP contribution in [0.3, 0.4) is 0 Å². The number of nitrogens with one attached hydrogen (secondary N) is 1. The van der Waals surface area contributed by atoms with E-state index in [9.17, 15) is 4.79 Å². The van der Waals surface area contributed by atoms with Gasteiger partial charge in [-0.1, -0.05) is 0 Å². The summed E-state index contributed by atoms with van der Waals surface area (Å²) in [4.78, 5) is 11.5. The van der Waals surface area contributed by atoms with E-state index >= 15 is 0 Å². The Bertz CT molecular complexity index is 437. The highest BCUT2D eigenvalue weighted by atomic mass is 16.6. The van der Waals surface area contributed by atoms with Gasteiger partial charge in [0.1, 0.15) is 5.60 Å². The number of hydrogen-bond donors (Lipinski definition) is 2. The molecule has 0 aromatic carbocycles. The lowest BCUT2D eigenvalue weighted by molar-refractivity contribution is -0.0203. The largest absolute Gasteiger partial charge is 0.444 e. The summed E-state index contributed by atoms with van der Waals surface area (Å²) in [5, 5.41) is 2.72. The normalized spacial score (nSPS) is 11.6. The second kappa shape index (κ2) is 25.1. The fourth-order valence-corrected chi connectivity index (χ4v) is 2.34. The molecule has 0 heterocycles. The Morgan fingerprint density at radius 3 is 1.29 bits per heavy atom. The third-order valence-corrected chi connectivity index (χ3v) is 3.88. The third-order valence-electron chi connectivity index (χ3n) is 3.88. The van der Waals surface area contributed by atoms with Gasteiger partial charge in [0.2, 0.25) is 0 Å². The molecule has 0 unspecified atom stereocenters. The molecular formula is C23H48N2O9. The monoisotopic (exact) mass is 496 g/mol. The van der Waals surface area contributed by atoms with E-state index in [0.717, 1.165) is 12.8 Å². The Balaban J connectivity index is 3.10. The van der Waals surface area contributed by atoms with Crippen LogP contribution in [0.25, 0.3) is 0 Å². The first kappa shape index (κ1) is 33.0. The molecule has 11 nitrogen and oxygen atoms in total. The van der Waals surface area contributed by atoms with E-state index in [2.05, 4.69) is 5.32 Å². The van der Waals surface area contributed by atoms with E-state index in [-0.39, 0.29) is 6.09 Å². The van der Waals surface area contributed by atoms with Crippen LogP contribution in [0.5, 0.6) is 0 Å². The molecule has 0 atom stereocenters. The summed E-state index contributed by atoms with van der Waals surface area (Å²) < 4.78 is 42.9. The van der Waals surface area contributed by atoms with Gasteiger partial charge >= 0.3 is 6.09 Å². The van der Waals surface area contributed by atoms with Gasteiger partial charge in [-0.05, 0) is 33.6 Å². The maximum Gasteiger partial charge on any atom is 0.407 e. The highest BCUT2D eigenvalue weighted by Crippen LogP contribution is 2.06. The smallest absolute Gasteiger partial charge is 0.407 e. The van der Waals surface area contributed by atoms with Crippen LogP contribution in [-0.4, -0.2) is 117 Å². The summed E-state index contributed by atoms with van der Waals surface area (Å²) >= 11 is 0. The molecule has 3 N–H and O–H groups in total. The van der Waals surface area contributed by atoms with Crippen molar-refractivity contribution in [3.8, 4) is 0 Å². The number of alkyl carbamates (subject to hydrolysis) is 1. The van der Waals surface area contributed by atoms with E-state index in [4.69, 9.17) is 43.6 Å². The Kier molecular flexibility index (Phi) is 24.3. The number of unbranched alkanes of at least 4 members (excludes halogenated alkanes) is 1. The zero-order valence-corrected chi connectivity index (χ0v) is 21.5. The van der Waals surface area contributed by atoms with Gasteiger partial charge in [0.05, 0.1) is 85.9 Å². The molecule has 11 heteroatoms. The highest BCUT2D eigenvalue weighted by Gasteiger charge is 2.15. The van der Waals surface area contributed by atoms with Crippen LogP contribution in [0.1, 0.15) is 33.6 Å². The van der Waals surface area contributed by atoms with E-state index in [0.29, 0.717) is 106 Å². The van der Waals surface area contributed by atoms with E-state index in [1.807, 2.05) is 20.8 Å². The molecule has 0 aliphatic heterocycles. The third kappa shape index (κ3) is 29.0. The van der Waals surface area contributed by atoms with E-state index < -0.39 is 5.60 Å². The molecule has 0 spiro atoms. The molecule has 0 aliphatic rings. The number of rotatable bonds is 25. The van der Waals surface area contributed by atoms with Gasteiger partial charge in [-0.3, -0.25) is 0 Å². The summed E-state index contributed by atoms with van der Waals surface area (Å²) in [5.74, 6) is 0. The molecule has 0 aromatic heterocycles. The fourth-order valence-electron chi connectivity index (χ4n) is 2.34. The quantitative estimate of drug-likeness (QED) is 0.179. The van der Waals surface area contributed by atoms with Crippen LogP contribution >= 0.6 is 0 Å². The number of carbonyl (C=O) groups is 1. The van der Waals surface area contributed by atoms with Crippen molar-refractivity contribution >= 4 is 6.09 Å². The second-order valence-corrected chi connectivity index (χ2v) is 8.21. The maximum atomic E-state index is 11.5. The second-order valence-electron chi connectivity index (χ2n) is 8.21. The van der Waals surface area contributed by atoms with Gasteiger partial charge in [0, 0.05) is 19.7 Å². The Morgan fingerprint density at radius 2 is 0.941 bits per heavy atom. The van der Waals surface area contributed by atoms with Crippen molar-refractivity contribution in [1.82, 2.24) is 5.32 Å². The van der Waals surface area contributed by atoms with Gasteiger partial charge in [-0.25, -0.2) is 4.79 Å². The summed E-state index contributed by atoms with van der Waals surface area (Å²) in [7, 11) is 0. The molecule has 0 bridgehead atoms. The SMILES string of the molecule is CC(C)(C)OC(=O)NCCCCOCCOCCOCCOCCOCCOCCOCCN. The van der Waals surface area contributed by atoms with Crippen LogP contribution in [0.4, 0.5) is 4.79 Å². The van der Waals surface area contributed by atoms with Crippen LogP contribution < -0.4 is 11.1 Å². The molecule has 204 valence electrons. The number of amides is 1. The van der Waals surface area contributed by atoms with Crippen molar-refractivity contribution in [2.75, 3.05) is 106 Å². The topological polar surface area (TPSA) is 129 Å². The number of hydrogen-bond acceptors (Lipinski definition) is 10. The minimum Gasteiger partial charge on any atom is -0.444 e. The van der Waals surface area contributed by atoms with Crippen LogP contribution in [0.2, 0.25) is 0 Å². The average Bonchev–Trinajstić information content (AvgIpc) is 2.78. The lowest BCUT2D eigenvalue weighted by Crippen LogP contribution is -2.33. The molecular weight excluding hydrogens is 448 g/mol. The van der Waals surface area contributed by atoms with Crippen molar-refractivity contribution < 1.29 is 42.7 Å². The zero-order chi connectivity index (χ0) is 25.2. The van der Waals surface area contributed by atoms with Gasteiger partial charge in [-0.15, -0.1) is 0 Å². The summed E-state index contributed by atoms with van der Waals surface area (Å²) in [6, 6.07) is 0. The van der Waals surface area contributed by atoms with Crippen molar-refractivity contribution in [3.05, 3.63) is 0 Å². The zero-order valence-electron chi connectivity index (χ0n) is 21.5. The standard InChI is InChI=1S/C23H48N2O9/c1-23(2,3)34-22(26)25-7-4-5-8-27-10-12-29-14-16-31-18-20-33-21-19-32-17-15-30-13-11-28-9-6-24/h4-21,24H2,1-3H3,(H,25,26). The van der Waals surface area contributed by atoms with Crippen LogP contribution in [0, 0.1) is 0 Å². The fraction of sp³-hybridized carbons (Fsp3) is 0.957. The lowest BCUT2D eigenvalue weighted by Gasteiger charge is -2.19. The molecule has 1 amide bonds. The molecule has 0 radical (unpaired) electrons. The molecule has 0 saturated carbocycles. The first-order valence-corrected chi connectivity index (χ1v) is 12.2. The summed E-state index contributed by atoms with van der Waals surface area (Å²) in [6.45, 7) is 14.2. The minimum absolute atomic E-state index is 0.386. The molecule has 0 fully saturated rings. The molecule has 34 heavy (non-hydrogen) atoms. The number of ether oxygens (including phenoxy) is 8. The van der Waals surface area contributed by atoms with Gasteiger partial charge in [0.15, 0.2) is 0 Å². The molecule has 0 aromatic rings. The predicted octanol–water partition coefficient (Wildman–Crippen LogP) is 1.37. The van der Waals surface area contributed by atoms with Crippen molar-refractivity contribution in [2.24, 2.45) is 5.73 Å². The Hall–Kier alpha value is -1.05. The predicted molar refractivity (Wildman–Crippen MR) is 128 cm³/mol. The number of nitrogens with two attached hydrogens (primary N) is 1. The van der Waals surface area contributed by atoms with Gasteiger partial charge < -0.3 is 48.9 Å². The van der Waals surface area contributed by atoms with Crippen LogP contribution in [0.15, 0.2) is 0 Å². The van der Waals surface area contributed by atoms with Crippen molar-refractivity contribution in [1.29, 1.82) is 0 Å². The van der Waals surface area contributed by atoms with E-state index in [1.165, 1.54) is 0 Å². The van der Waals surface area contributed by atoms with E-state index in [1.54, 1.807) is 0 Å². The Labute approximate surface area is 205 Å². The minimum atomic E-state index is -0.473. The Morgan fingerprint density at radius 1 is 0.588 bits per heavy atom. The van der Waals surface area contributed by atoms with Crippen molar-refractivity contribution in [2.45, 2.75) is 39.2 Å².